The van der Waals surface area contributed by atoms with Crippen molar-refractivity contribution in [3.63, 3.8) is 0 Å². The van der Waals surface area contributed by atoms with Gasteiger partial charge in [-0.25, -0.2) is 0 Å². The highest BCUT2D eigenvalue weighted by molar-refractivity contribution is 6.37. The van der Waals surface area contributed by atoms with Crippen LogP contribution in [0.5, 0.6) is 11.5 Å². The smallest absolute Gasteiger partial charge is 0.281 e. The Labute approximate surface area is 214 Å². The van der Waals surface area contributed by atoms with E-state index in [0.717, 1.165) is 16.7 Å². The molecular formula is C30H23ClN2O3. The predicted octanol–water partition coefficient (Wildman–Crippen LogP) is 6.76. The van der Waals surface area contributed by atoms with Crippen LogP contribution in [-0.2, 0) is 11.4 Å². The number of anilines is 1. The maximum absolute atomic E-state index is 13.5. The number of nitrogens with zero attached hydrogens (tertiary/aromatic N) is 2. The monoisotopic (exact) mass is 494 g/mol. The van der Waals surface area contributed by atoms with Crippen LogP contribution in [-0.4, -0.2) is 18.7 Å². The van der Waals surface area contributed by atoms with Gasteiger partial charge in [-0.1, -0.05) is 78.3 Å². The summed E-state index contributed by atoms with van der Waals surface area (Å²) in [5, 5.41) is 6.80. The van der Waals surface area contributed by atoms with E-state index in [2.05, 4.69) is 5.10 Å². The summed E-state index contributed by atoms with van der Waals surface area (Å²) in [4.78, 5) is 13.5. The lowest BCUT2D eigenvalue weighted by Crippen LogP contribution is -2.21. The number of ether oxygens (including phenoxy) is 2. The van der Waals surface area contributed by atoms with Crippen LogP contribution in [0, 0.1) is 0 Å². The Morgan fingerprint density at radius 2 is 1.56 bits per heavy atom. The van der Waals surface area contributed by atoms with Gasteiger partial charge in [0.1, 0.15) is 12.3 Å². The van der Waals surface area contributed by atoms with Crippen LogP contribution in [0.25, 0.3) is 6.08 Å². The van der Waals surface area contributed by atoms with Gasteiger partial charge in [-0.05, 0) is 53.6 Å². The Balaban J connectivity index is 1.46. The lowest BCUT2D eigenvalue weighted by Gasteiger charge is -2.12. The second-order valence-corrected chi connectivity index (χ2v) is 8.59. The summed E-state index contributed by atoms with van der Waals surface area (Å²) in [6, 6.07) is 32.2. The van der Waals surface area contributed by atoms with Crippen molar-refractivity contribution >= 4 is 35.0 Å². The Morgan fingerprint density at radius 1 is 0.861 bits per heavy atom. The normalized spacial score (nSPS) is 14.2. The van der Waals surface area contributed by atoms with Crippen LogP contribution in [0.2, 0.25) is 5.02 Å². The molecule has 178 valence electrons. The van der Waals surface area contributed by atoms with Gasteiger partial charge in [-0.3, -0.25) is 4.79 Å². The van der Waals surface area contributed by atoms with Crippen molar-refractivity contribution in [2.24, 2.45) is 5.10 Å². The van der Waals surface area contributed by atoms with Crippen LogP contribution >= 0.6 is 11.6 Å². The second kappa shape index (κ2) is 10.5. The SMILES string of the molecule is COc1cc(/C=C2\C(=O)N(c3ccccc3)N=C2c2ccccc2)ccc1OCc1ccc(Cl)cc1. The molecule has 1 aliphatic rings. The number of rotatable bonds is 7. The van der Waals surface area contributed by atoms with Crippen LogP contribution in [0.4, 0.5) is 5.69 Å². The first-order valence-electron chi connectivity index (χ1n) is 11.4. The van der Waals surface area contributed by atoms with Gasteiger partial charge in [0.2, 0.25) is 0 Å². The molecule has 0 bridgehead atoms. The molecule has 4 aromatic carbocycles. The molecule has 0 saturated carbocycles. The number of amides is 1. The van der Waals surface area contributed by atoms with Gasteiger partial charge in [0.25, 0.3) is 5.91 Å². The zero-order valence-electron chi connectivity index (χ0n) is 19.6. The molecule has 1 heterocycles. The van der Waals surface area contributed by atoms with E-state index in [0.29, 0.717) is 40.1 Å². The summed E-state index contributed by atoms with van der Waals surface area (Å²) in [6.45, 7) is 0.378. The third-order valence-corrected chi connectivity index (χ3v) is 5.98. The Morgan fingerprint density at radius 3 is 2.25 bits per heavy atom. The van der Waals surface area contributed by atoms with Crippen molar-refractivity contribution < 1.29 is 14.3 Å². The van der Waals surface area contributed by atoms with Crippen molar-refractivity contribution in [3.8, 4) is 11.5 Å². The quantitative estimate of drug-likeness (QED) is 0.267. The highest BCUT2D eigenvalue weighted by atomic mass is 35.5. The molecule has 6 heteroatoms. The number of hydrazone groups is 1. The molecule has 4 aromatic rings. The number of halogens is 1. The van der Waals surface area contributed by atoms with Crippen molar-refractivity contribution in [1.82, 2.24) is 0 Å². The highest BCUT2D eigenvalue weighted by Crippen LogP contribution is 2.32. The number of hydrogen-bond donors (Lipinski definition) is 0. The standard InChI is InChI=1S/C30H23ClN2O3/c1-35-28-19-22(14-17-27(28)36-20-21-12-15-24(31)16-13-21)18-26-29(23-8-4-2-5-9-23)32-33(30(26)34)25-10-6-3-7-11-25/h2-19H,20H2,1H3/b26-18-. The fourth-order valence-corrected chi connectivity index (χ4v) is 4.03. The average molecular weight is 495 g/mol. The number of methoxy groups -OCH3 is 1. The minimum Gasteiger partial charge on any atom is -0.493 e. The van der Waals surface area contributed by atoms with Crippen LogP contribution in [0.15, 0.2) is 114 Å². The largest absolute Gasteiger partial charge is 0.493 e. The van der Waals surface area contributed by atoms with Gasteiger partial charge >= 0.3 is 0 Å². The van der Waals surface area contributed by atoms with Crippen molar-refractivity contribution in [2.45, 2.75) is 6.61 Å². The van der Waals surface area contributed by atoms with E-state index in [1.165, 1.54) is 5.01 Å². The summed E-state index contributed by atoms with van der Waals surface area (Å²) in [5.41, 5.74) is 4.49. The fraction of sp³-hybridized carbons (Fsp3) is 0.0667. The number of benzene rings is 4. The molecule has 0 radical (unpaired) electrons. The molecule has 5 rings (SSSR count). The predicted molar refractivity (Wildman–Crippen MR) is 144 cm³/mol. The first kappa shape index (κ1) is 23.4. The first-order valence-corrected chi connectivity index (χ1v) is 11.8. The maximum atomic E-state index is 13.5. The zero-order valence-corrected chi connectivity index (χ0v) is 20.4. The first-order chi connectivity index (χ1) is 17.6. The van der Waals surface area contributed by atoms with Gasteiger partial charge < -0.3 is 9.47 Å². The number of carbonyl (C=O) groups excluding carboxylic acids is 1. The Kier molecular flexibility index (Phi) is 6.83. The van der Waals surface area contributed by atoms with Crippen molar-refractivity contribution in [3.05, 3.63) is 130 Å². The molecule has 1 aliphatic heterocycles. The lowest BCUT2D eigenvalue weighted by atomic mass is 10.00. The summed E-state index contributed by atoms with van der Waals surface area (Å²) in [5.74, 6) is 0.985. The van der Waals surface area contributed by atoms with Gasteiger partial charge in [0.15, 0.2) is 11.5 Å². The number of hydrogen-bond acceptors (Lipinski definition) is 4. The molecule has 0 unspecified atom stereocenters. The van der Waals surface area contributed by atoms with E-state index < -0.39 is 0 Å². The molecule has 0 atom stereocenters. The third-order valence-electron chi connectivity index (χ3n) is 5.73. The maximum Gasteiger partial charge on any atom is 0.281 e. The third kappa shape index (κ3) is 5.02. The van der Waals surface area contributed by atoms with Gasteiger partial charge in [-0.2, -0.15) is 10.1 Å². The van der Waals surface area contributed by atoms with Crippen molar-refractivity contribution in [1.29, 1.82) is 0 Å². The topological polar surface area (TPSA) is 51.1 Å². The van der Waals surface area contributed by atoms with E-state index in [4.69, 9.17) is 21.1 Å². The van der Waals surface area contributed by atoms with Gasteiger partial charge in [0.05, 0.1) is 18.4 Å². The molecular weight excluding hydrogens is 472 g/mol. The molecule has 0 saturated heterocycles. The van der Waals surface area contributed by atoms with Crippen LogP contribution in [0.1, 0.15) is 16.7 Å². The summed E-state index contributed by atoms with van der Waals surface area (Å²) >= 11 is 5.97. The summed E-state index contributed by atoms with van der Waals surface area (Å²) in [7, 11) is 1.59. The van der Waals surface area contributed by atoms with E-state index >= 15 is 0 Å². The summed E-state index contributed by atoms with van der Waals surface area (Å²) < 4.78 is 11.6. The molecule has 1 amide bonds. The molecule has 5 nitrogen and oxygen atoms in total. The molecule has 0 spiro atoms. The minimum atomic E-state index is -0.193. The van der Waals surface area contributed by atoms with E-state index in [9.17, 15) is 4.79 Å². The zero-order chi connectivity index (χ0) is 24.9. The van der Waals surface area contributed by atoms with E-state index in [1.807, 2.05) is 109 Å². The molecule has 0 aliphatic carbocycles. The fourth-order valence-electron chi connectivity index (χ4n) is 3.90. The molecule has 0 aromatic heterocycles. The van der Waals surface area contributed by atoms with Gasteiger partial charge in [0, 0.05) is 10.6 Å². The van der Waals surface area contributed by atoms with E-state index in [-0.39, 0.29) is 5.91 Å². The highest BCUT2D eigenvalue weighted by Gasteiger charge is 2.32. The van der Waals surface area contributed by atoms with Gasteiger partial charge in [-0.15, -0.1) is 0 Å². The molecule has 0 N–H and O–H groups in total. The summed E-state index contributed by atoms with van der Waals surface area (Å²) in [6.07, 6.45) is 1.84. The minimum absolute atomic E-state index is 0.193. The lowest BCUT2D eigenvalue weighted by molar-refractivity contribution is -0.114. The molecule has 36 heavy (non-hydrogen) atoms. The Bertz CT molecular complexity index is 1430. The van der Waals surface area contributed by atoms with Crippen LogP contribution in [0.3, 0.4) is 0 Å². The van der Waals surface area contributed by atoms with E-state index in [1.54, 1.807) is 7.11 Å². The second-order valence-electron chi connectivity index (χ2n) is 8.15. The number of carbonyl (C=O) groups is 1. The number of para-hydroxylation sites is 1. The van der Waals surface area contributed by atoms with Crippen molar-refractivity contribution in [2.75, 3.05) is 12.1 Å². The Hall–Kier alpha value is -4.35. The average Bonchev–Trinajstić information content (AvgIpc) is 3.25. The van der Waals surface area contributed by atoms with Crippen LogP contribution < -0.4 is 14.5 Å². The molecule has 0 fully saturated rings.